The molecule has 0 saturated heterocycles. The highest BCUT2D eigenvalue weighted by Gasteiger charge is 2.26. The second kappa shape index (κ2) is 8.70. The maximum absolute atomic E-state index is 12.1. The molecule has 6 nitrogen and oxygen atoms in total. The summed E-state index contributed by atoms with van der Waals surface area (Å²) in [6, 6.07) is 8.13. The molecule has 0 aliphatic rings. The standard InChI is InChI=1S/C17H22N2O4.ClH/c1-3-17(4-2,11-18)19-15(20)10-22-13-7-5-12-6-8-16(21)23-14(12)9-13;/h5-9H,3-4,10-11,18H2,1-2H3,(H,19,20);1H. The first-order valence-electron chi connectivity index (χ1n) is 7.69. The SMILES string of the molecule is CCC(CC)(CN)NC(=O)COc1ccc2ccc(=O)oc2c1.Cl. The van der Waals surface area contributed by atoms with E-state index in [4.69, 9.17) is 14.9 Å². The predicted octanol–water partition coefficient (Wildman–Crippen LogP) is 2.23. The third kappa shape index (κ3) is 4.72. The molecule has 0 radical (unpaired) electrons. The molecule has 24 heavy (non-hydrogen) atoms. The van der Waals surface area contributed by atoms with Crippen LogP contribution in [0.3, 0.4) is 0 Å². The van der Waals surface area contributed by atoms with Crippen LogP contribution in [0.5, 0.6) is 5.75 Å². The van der Waals surface area contributed by atoms with Crippen LogP contribution in [-0.4, -0.2) is 24.6 Å². The number of hydrogen-bond donors (Lipinski definition) is 2. The van der Waals surface area contributed by atoms with Crippen molar-refractivity contribution in [1.82, 2.24) is 5.32 Å². The van der Waals surface area contributed by atoms with Gasteiger partial charge >= 0.3 is 5.63 Å². The Balaban J connectivity index is 0.00000288. The van der Waals surface area contributed by atoms with E-state index in [9.17, 15) is 9.59 Å². The van der Waals surface area contributed by atoms with Crippen LogP contribution in [0.15, 0.2) is 39.5 Å². The summed E-state index contributed by atoms with van der Waals surface area (Å²) in [5.41, 5.74) is 5.37. The number of amides is 1. The van der Waals surface area contributed by atoms with Crippen molar-refractivity contribution >= 4 is 29.3 Å². The van der Waals surface area contributed by atoms with Gasteiger partial charge in [0.1, 0.15) is 11.3 Å². The Bertz CT molecular complexity index is 732. The number of carbonyl (C=O) groups excluding carboxylic acids is 1. The van der Waals surface area contributed by atoms with E-state index in [0.29, 0.717) is 17.9 Å². The number of rotatable bonds is 7. The highest BCUT2D eigenvalue weighted by molar-refractivity contribution is 5.85. The van der Waals surface area contributed by atoms with E-state index in [1.807, 2.05) is 13.8 Å². The van der Waals surface area contributed by atoms with Crippen molar-refractivity contribution in [3.8, 4) is 5.75 Å². The zero-order valence-electron chi connectivity index (χ0n) is 13.8. The van der Waals surface area contributed by atoms with Crippen LogP contribution in [0, 0.1) is 0 Å². The van der Waals surface area contributed by atoms with Gasteiger partial charge in [-0.25, -0.2) is 4.79 Å². The van der Waals surface area contributed by atoms with E-state index in [1.165, 1.54) is 6.07 Å². The number of nitrogens with one attached hydrogen (secondary N) is 1. The normalized spacial score (nSPS) is 11.0. The van der Waals surface area contributed by atoms with Gasteiger partial charge in [-0.2, -0.15) is 0 Å². The van der Waals surface area contributed by atoms with Gasteiger partial charge in [0.15, 0.2) is 6.61 Å². The van der Waals surface area contributed by atoms with Crippen molar-refractivity contribution in [3.05, 3.63) is 40.8 Å². The molecule has 0 spiro atoms. The Kier molecular flexibility index (Phi) is 7.25. The topological polar surface area (TPSA) is 94.6 Å². The Morgan fingerprint density at radius 1 is 1.25 bits per heavy atom. The number of hydrogen-bond acceptors (Lipinski definition) is 5. The predicted molar refractivity (Wildman–Crippen MR) is 95.7 cm³/mol. The molecule has 1 aromatic heterocycles. The van der Waals surface area contributed by atoms with Crippen molar-refractivity contribution in [2.75, 3.05) is 13.2 Å². The summed E-state index contributed by atoms with van der Waals surface area (Å²) < 4.78 is 10.6. The second-order valence-corrected chi connectivity index (χ2v) is 5.48. The van der Waals surface area contributed by atoms with E-state index >= 15 is 0 Å². The summed E-state index contributed by atoms with van der Waals surface area (Å²) in [4.78, 5) is 23.3. The van der Waals surface area contributed by atoms with Crippen LogP contribution >= 0.6 is 12.4 Å². The maximum Gasteiger partial charge on any atom is 0.336 e. The van der Waals surface area contributed by atoms with E-state index < -0.39 is 11.2 Å². The smallest absolute Gasteiger partial charge is 0.336 e. The molecular formula is C17H23ClN2O4. The third-order valence-corrected chi connectivity index (χ3v) is 4.11. The molecule has 1 heterocycles. The van der Waals surface area contributed by atoms with E-state index in [1.54, 1.807) is 24.3 Å². The Morgan fingerprint density at radius 3 is 2.54 bits per heavy atom. The molecule has 3 N–H and O–H groups in total. The minimum Gasteiger partial charge on any atom is -0.484 e. The molecule has 2 aromatic rings. The van der Waals surface area contributed by atoms with Gasteiger partial charge in [0, 0.05) is 24.1 Å². The fourth-order valence-electron chi connectivity index (χ4n) is 2.38. The lowest BCUT2D eigenvalue weighted by atomic mass is 9.93. The summed E-state index contributed by atoms with van der Waals surface area (Å²) in [5, 5.41) is 3.73. The number of carbonyl (C=O) groups is 1. The molecule has 0 bridgehead atoms. The molecule has 0 fully saturated rings. The minimum absolute atomic E-state index is 0. The largest absolute Gasteiger partial charge is 0.484 e. The van der Waals surface area contributed by atoms with Crippen molar-refractivity contribution in [1.29, 1.82) is 0 Å². The van der Waals surface area contributed by atoms with Crippen molar-refractivity contribution in [3.63, 3.8) is 0 Å². The third-order valence-electron chi connectivity index (χ3n) is 4.11. The number of nitrogens with two attached hydrogens (primary N) is 1. The molecule has 132 valence electrons. The summed E-state index contributed by atoms with van der Waals surface area (Å²) in [5.74, 6) is 0.238. The van der Waals surface area contributed by atoms with Crippen molar-refractivity contribution in [2.45, 2.75) is 32.2 Å². The first kappa shape index (κ1) is 20.0. The van der Waals surface area contributed by atoms with Crippen molar-refractivity contribution < 1.29 is 13.9 Å². The molecule has 1 amide bonds. The Hall–Kier alpha value is -2.05. The lowest BCUT2D eigenvalue weighted by Crippen LogP contribution is -2.54. The first-order valence-corrected chi connectivity index (χ1v) is 7.69. The zero-order valence-corrected chi connectivity index (χ0v) is 14.7. The molecule has 1 aromatic carbocycles. The molecule has 0 atom stereocenters. The van der Waals surface area contributed by atoms with Crippen LogP contribution in [0.4, 0.5) is 0 Å². The van der Waals surface area contributed by atoms with Gasteiger partial charge in [-0.3, -0.25) is 4.79 Å². The summed E-state index contributed by atoms with van der Waals surface area (Å²) in [6.45, 7) is 4.24. The number of halogens is 1. The molecule has 0 saturated carbocycles. The number of benzene rings is 1. The van der Waals surface area contributed by atoms with Crippen molar-refractivity contribution in [2.24, 2.45) is 5.73 Å². The molecular weight excluding hydrogens is 332 g/mol. The van der Waals surface area contributed by atoms with E-state index in [-0.39, 0.29) is 24.9 Å². The van der Waals surface area contributed by atoms with Gasteiger partial charge < -0.3 is 20.2 Å². The van der Waals surface area contributed by atoms with E-state index in [0.717, 1.165) is 18.2 Å². The quantitative estimate of drug-likeness (QED) is 0.743. The molecule has 0 unspecified atom stereocenters. The van der Waals surface area contributed by atoms with Gasteiger partial charge in [-0.05, 0) is 31.0 Å². The number of ether oxygens (including phenoxy) is 1. The van der Waals surface area contributed by atoms with Crippen LogP contribution in [-0.2, 0) is 4.79 Å². The Morgan fingerprint density at radius 2 is 1.92 bits per heavy atom. The monoisotopic (exact) mass is 354 g/mol. The van der Waals surface area contributed by atoms with Gasteiger partial charge in [0.05, 0.1) is 5.54 Å². The van der Waals surface area contributed by atoms with Gasteiger partial charge in [-0.15, -0.1) is 12.4 Å². The molecule has 0 aliphatic heterocycles. The maximum atomic E-state index is 12.1. The van der Waals surface area contributed by atoms with Crippen LogP contribution in [0.25, 0.3) is 11.0 Å². The van der Waals surface area contributed by atoms with Crippen LogP contribution in [0.1, 0.15) is 26.7 Å². The molecule has 2 rings (SSSR count). The van der Waals surface area contributed by atoms with Gasteiger partial charge in [0.25, 0.3) is 5.91 Å². The van der Waals surface area contributed by atoms with E-state index in [2.05, 4.69) is 5.32 Å². The second-order valence-electron chi connectivity index (χ2n) is 5.48. The highest BCUT2D eigenvalue weighted by atomic mass is 35.5. The minimum atomic E-state index is -0.425. The van der Waals surface area contributed by atoms with Gasteiger partial charge in [-0.1, -0.05) is 13.8 Å². The summed E-state index contributed by atoms with van der Waals surface area (Å²) in [7, 11) is 0. The lowest BCUT2D eigenvalue weighted by Gasteiger charge is -2.31. The summed E-state index contributed by atoms with van der Waals surface area (Å²) >= 11 is 0. The van der Waals surface area contributed by atoms with Crippen LogP contribution < -0.4 is 21.4 Å². The molecule has 7 heteroatoms. The van der Waals surface area contributed by atoms with Gasteiger partial charge in [0.2, 0.25) is 0 Å². The first-order chi connectivity index (χ1) is 11.0. The lowest BCUT2D eigenvalue weighted by molar-refractivity contribution is -0.125. The fourth-order valence-corrected chi connectivity index (χ4v) is 2.38. The summed E-state index contributed by atoms with van der Waals surface area (Å²) in [6.07, 6.45) is 1.51. The highest BCUT2D eigenvalue weighted by Crippen LogP contribution is 2.19. The average molecular weight is 355 g/mol. The Labute approximate surface area is 146 Å². The van der Waals surface area contributed by atoms with Crippen LogP contribution in [0.2, 0.25) is 0 Å². The average Bonchev–Trinajstić information content (AvgIpc) is 2.57. The fraction of sp³-hybridized carbons (Fsp3) is 0.412. The zero-order chi connectivity index (χ0) is 16.9. The number of fused-ring (bicyclic) bond motifs is 1. The molecule has 0 aliphatic carbocycles.